The van der Waals surface area contributed by atoms with Crippen molar-refractivity contribution < 1.29 is 18.0 Å². The van der Waals surface area contributed by atoms with Gasteiger partial charge in [0.25, 0.3) is 5.91 Å². The second-order valence-corrected chi connectivity index (χ2v) is 6.37. The maximum atomic E-state index is 13.5. The SMILES string of the molecule is CC(C)(C)NC(=O)c1ncn(-c2ccccc2Cl)c1C(F)(F)F. The Bertz CT molecular complexity index is 732. The molecule has 124 valence electrons. The van der Waals surface area contributed by atoms with Crippen molar-refractivity contribution in [3.63, 3.8) is 0 Å². The summed E-state index contributed by atoms with van der Waals surface area (Å²) in [6, 6.07) is 6.04. The topological polar surface area (TPSA) is 46.9 Å². The lowest BCUT2D eigenvalue weighted by atomic mass is 10.1. The van der Waals surface area contributed by atoms with Gasteiger partial charge in [0.1, 0.15) is 6.33 Å². The summed E-state index contributed by atoms with van der Waals surface area (Å²) < 4.78 is 41.2. The monoisotopic (exact) mass is 345 g/mol. The summed E-state index contributed by atoms with van der Waals surface area (Å²) in [5.41, 5.74) is -2.43. The molecule has 2 aromatic rings. The Balaban J connectivity index is 2.60. The molecule has 23 heavy (non-hydrogen) atoms. The van der Waals surface area contributed by atoms with Gasteiger partial charge < -0.3 is 5.32 Å². The third-order valence-electron chi connectivity index (χ3n) is 2.85. The minimum Gasteiger partial charge on any atom is -0.346 e. The quantitative estimate of drug-likeness (QED) is 0.891. The molecule has 0 aliphatic rings. The van der Waals surface area contributed by atoms with Crippen molar-refractivity contribution in [3.05, 3.63) is 47.0 Å². The lowest BCUT2D eigenvalue weighted by Gasteiger charge is -2.20. The fourth-order valence-electron chi connectivity index (χ4n) is 2.01. The van der Waals surface area contributed by atoms with Crippen LogP contribution in [0.15, 0.2) is 30.6 Å². The van der Waals surface area contributed by atoms with E-state index in [1.54, 1.807) is 32.9 Å². The molecule has 0 saturated heterocycles. The van der Waals surface area contributed by atoms with E-state index in [1.165, 1.54) is 12.1 Å². The maximum Gasteiger partial charge on any atom is 0.434 e. The van der Waals surface area contributed by atoms with Gasteiger partial charge in [-0.2, -0.15) is 13.2 Å². The minimum atomic E-state index is -4.76. The molecule has 1 heterocycles. The van der Waals surface area contributed by atoms with Crippen LogP contribution in [0.1, 0.15) is 37.0 Å². The van der Waals surface area contributed by atoms with Gasteiger partial charge >= 0.3 is 6.18 Å². The molecule has 4 nitrogen and oxygen atoms in total. The smallest absolute Gasteiger partial charge is 0.346 e. The van der Waals surface area contributed by atoms with Gasteiger partial charge in [0.05, 0.1) is 10.7 Å². The number of benzene rings is 1. The van der Waals surface area contributed by atoms with Crippen LogP contribution in [0.3, 0.4) is 0 Å². The van der Waals surface area contributed by atoms with Gasteiger partial charge in [0.15, 0.2) is 11.4 Å². The van der Waals surface area contributed by atoms with E-state index in [2.05, 4.69) is 10.3 Å². The first kappa shape index (κ1) is 17.3. The highest BCUT2D eigenvalue weighted by Gasteiger charge is 2.41. The van der Waals surface area contributed by atoms with Gasteiger partial charge in [-0.1, -0.05) is 23.7 Å². The highest BCUT2D eigenvalue weighted by Crippen LogP contribution is 2.35. The molecule has 0 atom stereocenters. The van der Waals surface area contributed by atoms with Gasteiger partial charge in [-0.15, -0.1) is 0 Å². The number of para-hydroxylation sites is 1. The number of nitrogens with one attached hydrogen (secondary N) is 1. The van der Waals surface area contributed by atoms with Crippen LogP contribution in [0.5, 0.6) is 0 Å². The number of aromatic nitrogens is 2. The molecule has 0 unspecified atom stereocenters. The fraction of sp³-hybridized carbons (Fsp3) is 0.333. The van der Waals surface area contributed by atoms with E-state index in [0.717, 1.165) is 10.9 Å². The molecule has 1 N–H and O–H groups in total. The number of nitrogens with zero attached hydrogens (tertiary/aromatic N) is 2. The second kappa shape index (κ2) is 5.88. The van der Waals surface area contributed by atoms with E-state index in [0.29, 0.717) is 0 Å². The zero-order valence-corrected chi connectivity index (χ0v) is 13.5. The third kappa shape index (κ3) is 3.85. The number of halogens is 4. The van der Waals surface area contributed by atoms with Crippen LogP contribution in [0, 0.1) is 0 Å². The van der Waals surface area contributed by atoms with Crippen molar-refractivity contribution in [2.75, 3.05) is 0 Å². The standard InChI is InChI=1S/C15H15ClF3N3O/c1-14(2,3)21-13(23)11-12(15(17,18)19)22(8-20-11)10-7-5-4-6-9(10)16/h4-8H,1-3H3,(H,21,23). The Morgan fingerprint density at radius 2 is 1.83 bits per heavy atom. The maximum absolute atomic E-state index is 13.5. The Morgan fingerprint density at radius 3 is 2.35 bits per heavy atom. The van der Waals surface area contributed by atoms with Crippen LogP contribution in [0.4, 0.5) is 13.2 Å². The summed E-state index contributed by atoms with van der Waals surface area (Å²) in [4.78, 5) is 15.8. The molecule has 0 spiro atoms. The number of hydrogen-bond acceptors (Lipinski definition) is 2. The lowest BCUT2D eigenvalue weighted by Crippen LogP contribution is -2.41. The van der Waals surface area contributed by atoms with Crippen LogP contribution in [-0.4, -0.2) is 21.0 Å². The molecule has 2 rings (SSSR count). The molecule has 0 radical (unpaired) electrons. The van der Waals surface area contributed by atoms with Crippen molar-refractivity contribution in [2.24, 2.45) is 0 Å². The second-order valence-electron chi connectivity index (χ2n) is 5.97. The van der Waals surface area contributed by atoms with Gasteiger partial charge in [-0.25, -0.2) is 4.98 Å². The molecule has 8 heteroatoms. The van der Waals surface area contributed by atoms with E-state index in [1.807, 2.05) is 0 Å². The van der Waals surface area contributed by atoms with Crippen LogP contribution < -0.4 is 5.32 Å². The summed E-state index contributed by atoms with van der Waals surface area (Å²) in [6.07, 6.45) is -3.82. The zero-order chi connectivity index (χ0) is 17.4. The number of carbonyl (C=O) groups excluding carboxylic acids is 1. The molecular weight excluding hydrogens is 331 g/mol. The highest BCUT2D eigenvalue weighted by molar-refractivity contribution is 6.32. The Kier molecular flexibility index (Phi) is 4.43. The van der Waals surface area contributed by atoms with E-state index >= 15 is 0 Å². The molecule has 0 fully saturated rings. The number of imidazole rings is 1. The van der Waals surface area contributed by atoms with Crippen LogP contribution in [0.2, 0.25) is 5.02 Å². The molecule has 0 aliphatic heterocycles. The summed E-state index contributed by atoms with van der Waals surface area (Å²) in [5, 5.41) is 2.60. The number of alkyl halides is 3. The first-order chi connectivity index (χ1) is 10.5. The average Bonchev–Trinajstić information content (AvgIpc) is 2.81. The van der Waals surface area contributed by atoms with Crippen molar-refractivity contribution in [1.82, 2.24) is 14.9 Å². The predicted molar refractivity (Wildman–Crippen MR) is 80.8 cm³/mol. The molecular formula is C15H15ClF3N3O. The van der Waals surface area contributed by atoms with Gasteiger partial charge in [-0.3, -0.25) is 9.36 Å². The fourth-order valence-corrected chi connectivity index (χ4v) is 2.24. The normalized spacial score (nSPS) is 12.3. The number of hydrogen-bond donors (Lipinski definition) is 1. The molecule has 0 bridgehead atoms. The highest BCUT2D eigenvalue weighted by atomic mass is 35.5. The Labute approximate surface area is 136 Å². The van der Waals surface area contributed by atoms with E-state index in [9.17, 15) is 18.0 Å². The van der Waals surface area contributed by atoms with Crippen LogP contribution in [-0.2, 0) is 6.18 Å². The zero-order valence-electron chi connectivity index (χ0n) is 12.7. The molecule has 1 aromatic heterocycles. The number of carbonyl (C=O) groups is 1. The molecule has 0 saturated carbocycles. The first-order valence-corrected chi connectivity index (χ1v) is 7.10. The number of rotatable bonds is 2. The molecule has 1 aromatic carbocycles. The first-order valence-electron chi connectivity index (χ1n) is 6.72. The van der Waals surface area contributed by atoms with Crippen molar-refractivity contribution in [2.45, 2.75) is 32.5 Å². The van der Waals surface area contributed by atoms with E-state index in [4.69, 9.17) is 11.6 Å². The molecule has 0 aliphatic carbocycles. The molecule has 1 amide bonds. The van der Waals surface area contributed by atoms with Gasteiger partial charge in [0, 0.05) is 5.54 Å². The predicted octanol–water partition coefficient (Wildman–Crippen LogP) is 4.07. The minimum absolute atomic E-state index is 0.101. The third-order valence-corrected chi connectivity index (χ3v) is 3.17. The largest absolute Gasteiger partial charge is 0.434 e. The van der Waals surface area contributed by atoms with E-state index < -0.39 is 29.0 Å². The Hall–Kier alpha value is -2.02. The Morgan fingerprint density at radius 1 is 1.22 bits per heavy atom. The summed E-state index contributed by atoms with van der Waals surface area (Å²) >= 11 is 5.96. The van der Waals surface area contributed by atoms with Gasteiger partial charge in [0.2, 0.25) is 0 Å². The summed E-state index contributed by atoms with van der Waals surface area (Å²) in [5.74, 6) is -0.893. The lowest BCUT2D eigenvalue weighted by molar-refractivity contribution is -0.142. The van der Waals surface area contributed by atoms with Crippen LogP contribution in [0.25, 0.3) is 5.69 Å². The van der Waals surface area contributed by atoms with Crippen molar-refractivity contribution >= 4 is 17.5 Å². The van der Waals surface area contributed by atoms with E-state index in [-0.39, 0.29) is 10.7 Å². The summed E-state index contributed by atoms with van der Waals surface area (Å²) in [6.45, 7) is 5.01. The van der Waals surface area contributed by atoms with Crippen molar-refractivity contribution in [1.29, 1.82) is 0 Å². The average molecular weight is 346 g/mol. The van der Waals surface area contributed by atoms with Gasteiger partial charge in [-0.05, 0) is 32.9 Å². The van der Waals surface area contributed by atoms with Crippen molar-refractivity contribution in [3.8, 4) is 5.69 Å². The van der Waals surface area contributed by atoms with Crippen LogP contribution >= 0.6 is 11.6 Å². The number of amides is 1. The summed E-state index contributed by atoms with van der Waals surface area (Å²) in [7, 11) is 0.